The van der Waals surface area contributed by atoms with Gasteiger partial charge in [0, 0.05) is 33.2 Å². The standard InChI is InChI=1S/C19H21NOS2.BrH/c1-20(2)10-11-23-19-12-14-6-4-5-7-17(14)21-18-9-8-15(22-3)13-16(18)19;/h4-9,12-13H,10-11H2,1-3H3;1H. The minimum Gasteiger partial charge on any atom is -0.456 e. The molecule has 0 aromatic heterocycles. The zero-order chi connectivity index (χ0) is 16.2. The third kappa shape index (κ3) is 4.60. The molecule has 0 bridgehead atoms. The molecule has 0 N–H and O–H groups in total. The van der Waals surface area contributed by atoms with Crippen molar-refractivity contribution in [2.45, 2.75) is 4.90 Å². The molecule has 0 radical (unpaired) electrons. The summed E-state index contributed by atoms with van der Waals surface area (Å²) in [5.41, 5.74) is 2.33. The number of rotatable bonds is 5. The summed E-state index contributed by atoms with van der Waals surface area (Å²) in [6.45, 7) is 1.06. The zero-order valence-electron chi connectivity index (χ0n) is 14.1. The molecule has 0 saturated carbocycles. The van der Waals surface area contributed by atoms with Crippen LogP contribution in [0, 0.1) is 0 Å². The van der Waals surface area contributed by atoms with Crippen molar-refractivity contribution < 1.29 is 4.74 Å². The van der Waals surface area contributed by atoms with E-state index in [0.717, 1.165) is 29.4 Å². The molecule has 128 valence electrons. The van der Waals surface area contributed by atoms with Crippen LogP contribution in [-0.4, -0.2) is 37.5 Å². The molecule has 0 saturated heterocycles. The monoisotopic (exact) mass is 423 g/mol. The third-order valence-corrected chi connectivity index (χ3v) is 5.43. The van der Waals surface area contributed by atoms with E-state index in [1.807, 2.05) is 23.9 Å². The van der Waals surface area contributed by atoms with Crippen LogP contribution in [0.15, 0.2) is 47.4 Å². The maximum absolute atomic E-state index is 6.17. The van der Waals surface area contributed by atoms with Gasteiger partial charge < -0.3 is 9.64 Å². The molecule has 2 aromatic carbocycles. The molecule has 0 aliphatic carbocycles. The van der Waals surface area contributed by atoms with Gasteiger partial charge in [-0.15, -0.1) is 40.5 Å². The van der Waals surface area contributed by atoms with Crippen molar-refractivity contribution in [3.63, 3.8) is 0 Å². The minimum absolute atomic E-state index is 0. The highest BCUT2D eigenvalue weighted by Gasteiger charge is 2.17. The van der Waals surface area contributed by atoms with Crippen molar-refractivity contribution in [3.05, 3.63) is 53.6 Å². The predicted octanol–water partition coefficient (Wildman–Crippen LogP) is 5.89. The second kappa shape index (κ2) is 8.99. The lowest BCUT2D eigenvalue weighted by Crippen LogP contribution is -2.14. The highest BCUT2D eigenvalue weighted by Crippen LogP contribution is 2.43. The SMILES string of the molecule is Br.CSc1ccc2c(c1)C(SCCN(C)C)=Cc1ccccc1O2. The summed E-state index contributed by atoms with van der Waals surface area (Å²) >= 11 is 3.66. The maximum Gasteiger partial charge on any atom is 0.135 e. The predicted molar refractivity (Wildman–Crippen MR) is 114 cm³/mol. The van der Waals surface area contributed by atoms with E-state index < -0.39 is 0 Å². The number of hydrogen-bond acceptors (Lipinski definition) is 4. The smallest absolute Gasteiger partial charge is 0.135 e. The molecule has 1 aliphatic rings. The summed E-state index contributed by atoms with van der Waals surface area (Å²) in [4.78, 5) is 4.76. The molecule has 1 heterocycles. The van der Waals surface area contributed by atoms with Gasteiger partial charge >= 0.3 is 0 Å². The second-order valence-electron chi connectivity index (χ2n) is 5.66. The molecular formula is C19H22BrNOS2. The fourth-order valence-corrected chi connectivity index (χ4v) is 4.05. The number of benzene rings is 2. The van der Waals surface area contributed by atoms with Crippen molar-refractivity contribution in [2.75, 3.05) is 32.6 Å². The van der Waals surface area contributed by atoms with Gasteiger partial charge in [0.05, 0.1) is 0 Å². The lowest BCUT2D eigenvalue weighted by molar-refractivity contribution is 0.437. The number of hydrogen-bond donors (Lipinski definition) is 0. The van der Waals surface area contributed by atoms with Crippen LogP contribution in [0.2, 0.25) is 0 Å². The first-order valence-corrected chi connectivity index (χ1v) is 9.83. The Bertz CT molecular complexity index is 731. The first-order chi connectivity index (χ1) is 11.2. The van der Waals surface area contributed by atoms with E-state index >= 15 is 0 Å². The molecule has 5 heteroatoms. The van der Waals surface area contributed by atoms with Crippen LogP contribution < -0.4 is 4.74 Å². The lowest BCUT2D eigenvalue weighted by Gasteiger charge is -2.13. The van der Waals surface area contributed by atoms with E-state index in [4.69, 9.17) is 4.74 Å². The number of nitrogens with zero attached hydrogens (tertiary/aromatic N) is 1. The van der Waals surface area contributed by atoms with Crippen LogP contribution in [0.4, 0.5) is 0 Å². The number of ether oxygens (including phenoxy) is 1. The van der Waals surface area contributed by atoms with E-state index in [9.17, 15) is 0 Å². The number of para-hydroxylation sites is 1. The Morgan fingerprint density at radius 1 is 1.04 bits per heavy atom. The summed E-state index contributed by atoms with van der Waals surface area (Å²) in [7, 11) is 4.22. The van der Waals surface area contributed by atoms with Gasteiger partial charge in [-0.1, -0.05) is 18.2 Å². The normalized spacial score (nSPS) is 12.4. The third-order valence-electron chi connectivity index (χ3n) is 3.67. The Kier molecular flexibility index (Phi) is 7.29. The summed E-state index contributed by atoms with van der Waals surface area (Å²) in [6.07, 6.45) is 4.36. The number of thioether (sulfide) groups is 2. The van der Waals surface area contributed by atoms with E-state index in [2.05, 4.69) is 61.7 Å². The van der Waals surface area contributed by atoms with Crippen LogP contribution in [0.25, 0.3) is 11.0 Å². The summed E-state index contributed by atoms with van der Waals surface area (Å²) in [5, 5.41) is 0. The lowest BCUT2D eigenvalue weighted by atomic mass is 10.1. The highest BCUT2D eigenvalue weighted by molar-refractivity contribution is 8.93. The van der Waals surface area contributed by atoms with Gasteiger partial charge in [0.2, 0.25) is 0 Å². The molecule has 2 nitrogen and oxygen atoms in total. The van der Waals surface area contributed by atoms with Gasteiger partial charge in [0.1, 0.15) is 11.5 Å². The van der Waals surface area contributed by atoms with Gasteiger partial charge in [0.15, 0.2) is 0 Å². The van der Waals surface area contributed by atoms with Crippen LogP contribution in [0.1, 0.15) is 11.1 Å². The molecule has 24 heavy (non-hydrogen) atoms. The van der Waals surface area contributed by atoms with Gasteiger partial charge in [-0.05, 0) is 50.7 Å². The van der Waals surface area contributed by atoms with E-state index in [0.29, 0.717) is 0 Å². The molecule has 0 atom stereocenters. The molecule has 0 spiro atoms. The molecule has 1 aliphatic heterocycles. The van der Waals surface area contributed by atoms with Gasteiger partial charge in [-0.3, -0.25) is 0 Å². The first-order valence-electron chi connectivity index (χ1n) is 7.62. The quantitative estimate of drug-likeness (QED) is 0.555. The van der Waals surface area contributed by atoms with Crippen molar-refractivity contribution in [1.82, 2.24) is 4.90 Å². The molecular weight excluding hydrogens is 402 g/mol. The largest absolute Gasteiger partial charge is 0.456 e. The van der Waals surface area contributed by atoms with Gasteiger partial charge in [-0.2, -0.15) is 0 Å². The average Bonchev–Trinajstić information content (AvgIpc) is 2.70. The number of fused-ring (bicyclic) bond motifs is 2. The van der Waals surface area contributed by atoms with E-state index in [1.165, 1.54) is 15.4 Å². The fourth-order valence-electron chi connectivity index (χ4n) is 2.41. The molecule has 2 aromatic rings. The van der Waals surface area contributed by atoms with Crippen LogP contribution in [0.5, 0.6) is 11.5 Å². The summed E-state index contributed by atoms with van der Waals surface area (Å²) < 4.78 is 6.17. The summed E-state index contributed by atoms with van der Waals surface area (Å²) in [6, 6.07) is 14.7. The molecule has 0 amide bonds. The Hall–Kier alpha value is -0.880. The maximum atomic E-state index is 6.17. The van der Waals surface area contributed by atoms with Crippen LogP contribution >= 0.6 is 40.5 Å². The fraction of sp³-hybridized carbons (Fsp3) is 0.263. The Balaban J connectivity index is 0.00000208. The average molecular weight is 424 g/mol. The molecule has 0 unspecified atom stereocenters. The zero-order valence-corrected chi connectivity index (χ0v) is 17.5. The Morgan fingerprint density at radius 2 is 1.83 bits per heavy atom. The second-order valence-corrected chi connectivity index (χ2v) is 7.68. The van der Waals surface area contributed by atoms with Crippen molar-refractivity contribution in [2.24, 2.45) is 0 Å². The van der Waals surface area contributed by atoms with Crippen molar-refractivity contribution in [1.29, 1.82) is 0 Å². The molecule has 0 fully saturated rings. The van der Waals surface area contributed by atoms with Crippen molar-refractivity contribution in [3.8, 4) is 11.5 Å². The summed E-state index contributed by atoms with van der Waals surface area (Å²) in [5.74, 6) is 2.93. The highest BCUT2D eigenvalue weighted by atomic mass is 79.9. The van der Waals surface area contributed by atoms with E-state index in [1.54, 1.807) is 11.8 Å². The van der Waals surface area contributed by atoms with Crippen LogP contribution in [0.3, 0.4) is 0 Å². The van der Waals surface area contributed by atoms with Gasteiger partial charge in [-0.25, -0.2) is 0 Å². The first kappa shape index (κ1) is 19.4. The minimum atomic E-state index is 0. The number of halogens is 1. The molecule has 3 rings (SSSR count). The van der Waals surface area contributed by atoms with Gasteiger partial charge in [0.25, 0.3) is 0 Å². The topological polar surface area (TPSA) is 12.5 Å². The Morgan fingerprint density at radius 3 is 2.58 bits per heavy atom. The Labute approximate surface area is 163 Å². The van der Waals surface area contributed by atoms with Crippen LogP contribution in [-0.2, 0) is 0 Å². The van der Waals surface area contributed by atoms with E-state index in [-0.39, 0.29) is 17.0 Å². The van der Waals surface area contributed by atoms with Crippen molar-refractivity contribution >= 4 is 51.5 Å².